The molecule has 2 N–H and O–H groups in total. The first-order valence-electron chi connectivity index (χ1n) is 9.99. The van der Waals surface area contributed by atoms with Crippen molar-refractivity contribution >= 4 is 28.1 Å². The number of halogens is 1. The summed E-state index contributed by atoms with van der Waals surface area (Å²) in [6, 6.07) is 12.6. The Kier molecular flexibility index (Phi) is 7.19. The van der Waals surface area contributed by atoms with Crippen LogP contribution in [0.2, 0.25) is 5.02 Å². The van der Waals surface area contributed by atoms with Crippen LogP contribution in [0.3, 0.4) is 0 Å². The van der Waals surface area contributed by atoms with E-state index in [1.54, 1.807) is 0 Å². The summed E-state index contributed by atoms with van der Waals surface area (Å²) >= 11 is 6.50. The highest BCUT2D eigenvalue weighted by molar-refractivity contribution is 7.84. The van der Waals surface area contributed by atoms with E-state index < -0.39 is 10.8 Å². The molecular formula is C23H31ClN2OS. The monoisotopic (exact) mass is 418 g/mol. The maximum Gasteiger partial charge on any atom is 0.0640 e. The van der Waals surface area contributed by atoms with Crippen LogP contribution in [0.25, 0.3) is 0 Å². The van der Waals surface area contributed by atoms with Crippen molar-refractivity contribution in [3.05, 3.63) is 63.7 Å². The molecule has 3 rings (SSSR count). The molecule has 1 atom stereocenters. The summed E-state index contributed by atoms with van der Waals surface area (Å²) in [5.74, 6) is 1.35. The Morgan fingerprint density at radius 1 is 1.04 bits per heavy atom. The van der Waals surface area contributed by atoms with Crippen molar-refractivity contribution in [3.63, 3.8) is 0 Å². The third kappa shape index (κ3) is 6.07. The molecule has 0 amide bonds. The van der Waals surface area contributed by atoms with Crippen molar-refractivity contribution in [2.45, 2.75) is 45.9 Å². The first-order valence-corrected chi connectivity index (χ1v) is 11.9. The van der Waals surface area contributed by atoms with Crippen LogP contribution in [0.1, 0.15) is 43.0 Å². The number of benzene rings is 2. The van der Waals surface area contributed by atoms with Gasteiger partial charge in [0, 0.05) is 28.9 Å². The van der Waals surface area contributed by atoms with E-state index in [2.05, 4.69) is 61.7 Å². The first-order chi connectivity index (χ1) is 13.3. The molecule has 0 fully saturated rings. The molecule has 0 spiro atoms. The minimum atomic E-state index is -0.826. The van der Waals surface area contributed by atoms with Gasteiger partial charge in [-0.05, 0) is 59.7 Å². The lowest BCUT2D eigenvalue weighted by molar-refractivity contribution is 0.474. The third-order valence-electron chi connectivity index (χ3n) is 4.90. The fourth-order valence-electron chi connectivity index (χ4n) is 3.60. The smallest absolute Gasteiger partial charge is 0.0640 e. The number of hydrogen-bond donors (Lipinski definition) is 2. The molecule has 28 heavy (non-hydrogen) atoms. The predicted molar refractivity (Wildman–Crippen MR) is 122 cm³/mol. The molecule has 0 aromatic heterocycles. The highest BCUT2D eigenvalue weighted by Crippen LogP contribution is 2.31. The zero-order valence-electron chi connectivity index (χ0n) is 17.1. The molecule has 0 saturated carbocycles. The number of fused-ring (bicyclic) bond motifs is 1. The van der Waals surface area contributed by atoms with Gasteiger partial charge in [0.05, 0.1) is 10.7 Å². The van der Waals surface area contributed by atoms with Crippen LogP contribution in [0.4, 0.5) is 5.69 Å². The van der Waals surface area contributed by atoms with Gasteiger partial charge in [-0.15, -0.1) is 0 Å². The highest BCUT2D eigenvalue weighted by Gasteiger charge is 2.16. The second-order valence-corrected chi connectivity index (χ2v) is 10.6. The fraction of sp³-hybridized carbons (Fsp3) is 0.478. The molecule has 1 heterocycles. The van der Waals surface area contributed by atoms with E-state index in [1.165, 1.54) is 16.7 Å². The van der Waals surface area contributed by atoms with Crippen molar-refractivity contribution in [2.24, 2.45) is 5.41 Å². The van der Waals surface area contributed by atoms with Crippen LogP contribution in [0.15, 0.2) is 36.4 Å². The van der Waals surface area contributed by atoms with Gasteiger partial charge >= 0.3 is 0 Å². The van der Waals surface area contributed by atoms with Crippen molar-refractivity contribution in [3.8, 4) is 0 Å². The lowest BCUT2D eigenvalue weighted by Gasteiger charge is -2.17. The van der Waals surface area contributed by atoms with Gasteiger partial charge in [-0.25, -0.2) is 0 Å². The van der Waals surface area contributed by atoms with Crippen LogP contribution >= 0.6 is 11.6 Å². The van der Waals surface area contributed by atoms with Gasteiger partial charge in [-0.1, -0.05) is 62.7 Å². The van der Waals surface area contributed by atoms with Gasteiger partial charge in [0.2, 0.25) is 0 Å². The average Bonchev–Trinajstić information content (AvgIpc) is 2.86. The van der Waals surface area contributed by atoms with E-state index in [4.69, 9.17) is 11.6 Å². The number of hydrogen-bond acceptors (Lipinski definition) is 3. The van der Waals surface area contributed by atoms with E-state index in [0.29, 0.717) is 5.75 Å². The Labute approximate surface area is 176 Å². The van der Waals surface area contributed by atoms with E-state index >= 15 is 0 Å². The molecule has 0 saturated heterocycles. The molecule has 2 aromatic rings. The summed E-state index contributed by atoms with van der Waals surface area (Å²) < 4.78 is 12.3. The molecule has 3 nitrogen and oxygen atoms in total. The van der Waals surface area contributed by atoms with Crippen LogP contribution in [-0.4, -0.2) is 23.1 Å². The topological polar surface area (TPSA) is 41.1 Å². The SMILES string of the molecule is CC(C)(C)CS(=O)Cc1ccc(CNc2c(Cl)ccc3c2CCNCC3)cc1. The molecule has 2 aromatic carbocycles. The Morgan fingerprint density at radius 3 is 2.43 bits per heavy atom. The van der Waals surface area contributed by atoms with Gasteiger partial charge in [-0.2, -0.15) is 0 Å². The number of nitrogens with one attached hydrogen (secondary N) is 2. The van der Waals surface area contributed by atoms with Crippen LogP contribution in [0, 0.1) is 5.41 Å². The molecule has 152 valence electrons. The van der Waals surface area contributed by atoms with Crippen molar-refractivity contribution in [1.82, 2.24) is 5.32 Å². The Balaban J connectivity index is 1.64. The molecular weight excluding hydrogens is 388 g/mol. The van der Waals surface area contributed by atoms with Crippen molar-refractivity contribution < 1.29 is 4.21 Å². The molecule has 0 aliphatic carbocycles. The van der Waals surface area contributed by atoms with Crippen LogP contribution in [0.5, 0.6) is 0 Å². The minimum absolute atomic E-state index is 0.0945. The zero-order chi connectivity index (χ0) is 20.1. The van der Waals surface area contributed by atoms with Crippen molar-refractivity contribution in [2.75, 3.05) is 24.2 Å². The molecule has 5 heteroatoms. The Hall–Kier alpha value is -1.36. The van der Waals surface area contributed by atoms with Crippen molar-refractivity contribution in [1.29, 1.82) is 0 Å². The van der Waals surface area contributed by atoms with Gasteiger partial charge in [0.25, 0.3) is 0 Å². The van der Waals surface area contributed by atoms with Gasteiger partial charge in [0.15, 0.2) is 0 Å². The van der Waals surface area contributed by atoms with Crippen LogP contribution < -0.4 is 10.6 Å². The quantitative estimate of drug-likeness (QED) is 0.698. The molecule has 0 radical (unpaired) electrons. The Morgan fingerprint density at radius 2 is 1.71 bits per heavy atom. The van der Waals surface area contributed by atoms with Gasteiger partial charge in [0.1, 0.15) is 0 Å². The molecule has 1 aliphatic rings. The lowest BCUT2D eigenvalue weighted by atomic mass is 10.0. The third-order valence-corrected chi connectivity index (χ3v) is 7.05. The maximum absolute atomic E-state index is 12.3. The maximum atomic E-state index is 12.3. The highest BCUT2D eigenvalue weighted by atomic mass is 35.5. The summed E-state index contributed by atoms with van der Waals surface area (Å²) in [4.78, 5) is 0. The average molecular weight is 419 g/mol. The number of anilines is 1. The van der Waals surface area contributed by atoms with E-state index in [1.807, 2.05) is 6.07 Å². The van der Waals surface area contributed by atoms with Crippen LogP contribution in [-0.2, 0) is 35.9 Å². The predicted octanol–water partition coefficient (Wildman–Crippen LogP) is 4.94. The second-order valence-electron chi connectivity index (χ2n) is 8.77. The lowest BCUT2D eigenvalue weighted by Crippen LogP contribution is -2.17. The summed E-state index contributed by atoms with van der Waals surface area (Å²) in [6.45, 7) is 9.13. The summed E-state index contributed by atoms with van der Waals surface area (Å²) in [5, 5.41) is 7.80. The van der Waals surface area contributed by atoms with E-state index in [9.17, 15) is 4.21 Å². The number of rotatable bonds is 6. The molecule has 0 bridgehead atoms. The van der Waals surface area contributed by atoms with E-state index in [0.717, 1.165) is 54.5 Å². The fourth-order valence-corrected chi connectivity index (χ4v) is 5.47. The molecule has 1 unspecified atom stereocenters. The largest absolute Gasteiger partial charge is 0.380 e. The second kappa shape index (κ2) is 9.43. The summed E-state index contributed by atoms with van der Waals surface area (Å²) in [7, 11) is -0.826. The first kappa shape index (κ1) is 21.4. The normalized spacial score (nSPS) is 15.6. The van der Waals surface area contributed by atoms with E-state index in [-0.39, 0.29) is 5.41 Å². The van der Waals surface area contributed by atoms with Gasteiger partial charge < -0.3 is 10.6 Å². The Bertz CT molecular complexity index is 828. The zero-order valence-corrected chi connectivity index (χ0v) is 18.7. The van der Waals surface area contributed by atoms with Gasteiger partial charge in [-0.3, -0.25) is 4.21 Å². The standard InChI is InChI=1S/C23H31ClN2OS/c1-23(2,3)16-28(27)15-18-6-4-17(5-7-18)14-26-22-20-11-13-25-12-10-19(20)8-9-21(22)24/h4-9,25-26H,10-16H2,1-3H3. The minimum Gasteiger partial charge on any atom is -0.380 e. The summed E-state index contributed by atoms with van der Waals surface area (Å²) in [6.07, 6.45) is 2.04. The molecule has 1 aliphatic heterocycles. The summed E-state index contributed by atoms with van der Waals surface area (Å²) in [5.41, 5.74) is 6.21.